The van der Waals surface area contributed by atoms with Gasteiger partial charge >= 0.3 is 0 Å². The smallest absolute Gasteiger partial charge is 0.264 e. The van der Waals surface area contributed by atoms with E-state index in [1.165, 1.54) is 35.5 Å². The van der Waals surface area contributed by atoms with Crippen molar-refractivity contribution in [3.05, 3.63) is 83.1 Å². The van der Waals surface area contributed by atoms with Crippen LogP contribution < -0.4 is 9.46 Å². The van der Waals surface area contributed by atoms with Gasteiger partial charge in [0.1, 0.15) is 21.5 Å². The highest BCUT2D eigenvalue weighted by Gasteiger charge is 2.26. The number of carbonyl (C=O) groups excluding carboxylic acids is 1. The Morgan fingerprint density at radius 2 is 1.82 bits per heavy atom. The molecule has 4 rings (SSSR count). The molecule has 0 aliphatic rings. The van der Waals surface area contributed by atoms with Crippen LogP contribution in [0.1, 0.15) is 28.3 Å². The predicted molar refractivity (Wildman–Crippen MR) is 130 cm³/mol. The maximum atomic E-state index is 14.6. The topological polar surface area (TPSA) is 88.6 Å². The van der Waals surface area contributed by atoms with Gasteiger partial charge in [-0.2, -0.15) is 0 Å². The number of amides is 1. The average Bonchev–Trinajstić information content (AvgIpc) is 3.27. The first-order chi connectivity index (χ1) is 16.2. The molecular formula is C24H22FN3O4S2. The second-order valence-corrected chi connectivity index (χ2v) is 10.3. The minimum absolute atomic E-state index is 0.0391. The largest absolute Gasteiger partial charge is 0.495 e. The van der Waals surface area contributed by atoms with Crippen LogP contribution in [0.3, 0.4) is 0 Å². The zero-order valence-electron chi connectivity index (χ0n) is 18.7. The van der Waals surface area contributed by atoms with Crippen molar-refractivity contribution in [2.45, 2.75) is 17.9 Å². The van der Waals surface area contributed by atoms with Gasteiger partial charge in [0.25, 0.3) is 15.9 Å². The van der Waals surface area contributed by atoms with Gasteiger partial charge in [0.05, 0.1) is 29.1 Å². The molecule has 0 spiro atoms. The second-order valence-electron chi connectivity index (χ2n) is 7.56. The summed E-state index contributed by atoms with van der Waals surface area (Å²) in [6.45, 7) is 1.83. The number of anilines is 1. The molecule has 1 heterocycles. The number of ether oxygens (including phenoxy) is 1. The Morgan fingerprint density at radius 3 is 2.56 bits per heavy atom. The SMILES string of the molecule is COc1ccccc1NS(=O)(=O)c1cc(C(=O)N(C)C(C)c2nc3ccccc3s2)ccc1F. The summed E-state index contributed by atoms with van der Waals surface area (Å²) < 4.78 is 49.0. The van der Waals surface area contributed by atoms with E-state index in [0.29, 0.717) is 0 Å². The number of nitrogens with zero attached hydrogens (tertiary/aromatic N) is 2. The van der Waals surface area contributed by atoms with E-state index in [4.69, 9.17) is 4.74 Å². The molecule has 3 aromatic carbocycles. The molecule has 0 saturated carbocycles. The van der Waals surface area contributed by atoms with Crippen molar-refractivity contribution in [2.24, 2.45) is 0 Å². The number of benzene rings is 3. The highest BCUT2D eigenvalue weighted by molar-refractivity contribution is 7.92. The maximum absolute atomic E-state index is 14.6. The summed E-state index contributed by atoms with van der Waals surface area (Å²) in [5.41, 5.74) is 1.03. The van der Waals surface area contributed by atoms with Crippen molar-refractivity contribution in [1.82, 2.24) is 9.88 Å². The highest BCUT2D eigenvalue weighted by Crippen LogP contribution is 2.31. The van der Waals surface area contributed by atoms with Gasteiger partial charge < -0.3 is 9.64 Å². The van der Waals surface area contributed by atoms with Crippen molar-refractivity contribution in [3.8, 4) is 5.75 Å². The zero-order chi connectivity index (χ0) is 24.5. The third-order valence-corrected chi connectivity index (χ3v) is 7.98. The lowest BCUT2D eigenvalue weighted by Gasteiger charge is -2.23. The summed E-state index contributed by atoms with van der Waals surface area (Å²) in [6.07, 6.45) is 0. The number of hydrogen-bond donors (Lipinski definition) is 1. The number of rotatable bonds is 7. The summed E-state index contributed by atoms with van der Waals surface area (Å²) in [7, 11) is -1.33. The van der Waals surface area contributed by atoms with Crippen LogP contribution in [0, 0.1) is 5.82 Å². The summed E-state index contributed by atoms with van der Waals surface area (Å²) in [6, 6.07) is 16.9. The van der Waals surface area contributed by atoms with E-state index < -0.39 is 26.6 Å². The van der Waals surface area contributed by atoms with Crippen LogP contribution >= 0.6 is 11.3 Å². The number of nitrogens with one attached hydrogen (secondary N) is 1. The first-order valence-corrected chi connectivity index (χ1v) is 12.6. The average molecular weight is 500 g/mol. The summed E-state index contributed by atoms with van der Waals surface area (Å²) in [5.74, 6) is -1.15. The van der Waals surface area contributed by atoms with Crippen molar-refractivity contribution in [1.29, 1.82) is 0 Å². The van der Waals surface area contributed by atoms with Crippen molar-refractivity contribution < 1.29 is 22.3 Å². The predicted octanol–water partition coefficient (Wildman–Crippen LogP) is 5.08. The Bertz CT molecular complexity index is 1440. The fourth-order valence-corrected chi connectivity index (χ4v) is 5.62. The van der Waals surface area contributed by atoms with E-state index >= 15 is 0 Å². The monoisotopic (exact) mass is 499 g/mol. The Kier molecular flexibility index (Phi) is 6.54. The van der Waals surface area contributed by atoms with Crippen LogP contribution in [-0.2, 0) is 10.0 Å². The molecule has 0 aliphatic heterocycles. The van der Waals surface area contributed by atoms with Crippen molar-refractivity contribution >= 4 is 43.2 Å². The Morgan fingerprint density at radius 1 is 1.12 bits per heavy atom. The number of methoxy groups -OCH3 is 1. The molecule has 1 unspecified atom stereocenters. The summed E-state index contributed by atoms with van der Waals surface area (Å²) in [5, 5.41) is 0.741. The number of hydrogen-bond acceptors (Lipinski definition) is 6. The zero-order valence-corrected chi connectivity index (χ0v) is 20.3. The molecule has 0 radical (unpaired) electrons. The molecule has 176 valence electrons. The lowest BCUT2D eigenvalue weighted by molar-refractivity contribution is 0.0742. The lowest BCUT2D eigenvalue weighted by Crippen LogP contribution is -2.30. The van der Waals surface area contributed by atoms with Crippen LogP contribution in [-0.4, -0.2) is 38.4 Å². The van der Waals surface area contributed by atoms with Gasteiger partial charge in [-0.3, -0.25) is 9.52 Å². The first kappa shape index (κ1) is 23.7. The third-order valence-electron chi connectivity index (χ3n) is 5.39. The Labute approximate surface area is 200 Å². The van der Waals surface area contributed by atoms with Crippen LogP contribution in [0.5, 0.6) is 5.75 Å². The molecule has 34 heavy (non-hydrogen) atoms. The molecule has 1 N–H and O–H groups in total. The molecular weight excluding hydrogens is 477 g/mol. The van der Waals surface area contributed by atoms with Crippen molar-refractivity contribution in [3.63, 3.8) is 0 Å². The Balaban J connectivity index is 1.62. The molecule has 0 aliphatic carbocycles. The molecule has 4 aromatic rings. The highest BCUT2D eigenvalue weighted by atomic mass is 32.2. The van der Waals surface area contributed by atoms with Gasteiger partial charge in [0.2, 0.25) is 0 Å². The third kappa shape index (κ3) is 4.59. The molecule has 10 heteroatoms. The van der Waals surface area contributed by atoms with E-state index in [1.807, 2.05) is 31.2 Å². The van der Waals surface area contributed by atoms with Crippen LogP contribution in [0.15, 0.2) is 71.6 Å². The molecule has 1 aromatic heterocycles. The van der Waals surface area contributed by atoms with Crippen LogP contribution in [0.25, 0.3) is 10.2 Å². The van der Waals surface area contributed by atoms with Gasteiger partial charge in [-0.15, -0.1) is 11.3 Å². The number of halogens is 1. The number of thiazole rings is 1. The van der Waals surface area contributed by atoms with Gasteiger partial charge in [-0.1, -0.05) is 24.3 Å². The second kappa shape index (κ2) is 9.40. The minimum Gasteiger partial charge on any atom is -0.495 e. The summed E-state index contributed by atoms with van der Waals surface area (Å²) in [4.78, 5) is 18.6. The van der Waals surface area contributed by atoms with E-state index in [2.05, 4.69) is 9.71 Å². The fourth-order valence-electron chi connectivity index (χ4n) is 3.38. The van der Waals surface area contributed by atoms with Gasteiger partial charge in [-0.05, 0) is 49.4 Å². The van der Waals surface area contributed by atoms with Crippen LogP contribution in [0.4, 0.5) is 10.1 Å². The minimum atomic E-state index is -4.33. The number of carbonyl (C=O) groups is 1. The molecule has 0 bridgehead atoms. The first-order valence-electron chi connectivity index (χ1n) is 10.3. The van der Waals surface area contributed by atoms with Gasteiger partial charge in [0, 0.05) is 12.6 Å². The van der Waals surface area contributed by atoms with Gasteiger partial charge in [0.15, 0.2) is 0 Å². The molecule has 1 amide bonds. The van der Waals surface area contributed by atoms with E-state index in [0.717, 1.165) is 27.4 Å². The number of para-hydroxylation sites is 3. The molecule has 0 saturated heterocycles. The van der Waals surface area contributed by atoms with Gasteiger partial charge in [-0.25, -0.2) is 17.8 Å². The molecule has 7 nitrogen and oxygen atoms in total. The van der Waals surface area contributed by atoms with E-state index in [9.17, 15) is 17.6 Å². The number of aromatic nitrogens is 1. The maximum Gasteiger partial charge on any atom is 0.264 e. The van der Waals surface area contributed by atoms with Crippen molar-refractivity contribution in [2.75, 3.05) is 18.9 Å². The van der Waals surface area contributed by atoms with Crippen LogP contribution in [0.2, 0.25) is 0 Å². The number of sulfonamides is 1. The standard InChI is InChI=1S/C24H22FN3O4S2/c1-15(23-26-19-9-5-7-11-21(19)33-23)28(2)24(29)16-12-13-17(25)22(14-16)34(30,31)27-18-8-4-6-10-20(18)32-3/h4-15,27H,1-3H3. The Hall–Kier alpha value is -3.50. The lowest BCUT2D eigenvalue weighted by atomic mass is 10.1. The quantitative estimate of drug-likeness (QED) is 0.383. The fraction of sp³-hybridized carbons (Fsp3) is 0.167. The molecule has 0 fully saturated rings. The number of fused-ring (bicyclic) bond motifs is 1. The van der Waals surface area contributed by atoms with E-state index in [1.54, 1.807) is 25.2 Å². The molecule has 1 atom stereocenters. The normalized spacial score (nSPS) is 12.4. The van der Waals surface area contributed by atoms with E-state index in [-0.39, 0.29) is 23.0 Å². The summed E-state index contributed by atoms with van der Waals surface area (Å²) >= 11 is 1.48.